The Morgan fingerprint density at radius 1 is 1.05 bits per heavy atom. The SMILES string of the molecule is FC(F)(F)C1CCCC(NCC2CC3C=CC2C3)C1. The van der Waals surface area contributed by atoms with Crippen LogP contribution in [0, 0.1) is 23.7 Å². The molecule has 3 rings (SSSR count). The number of alkyl halides is 3. The number of fused-ring (bicyclic) bond motifs is 2. The summed E-state index contributed by atoms with van der Waals surface area (Å²) in [4.78, 5) is 0. The number of rotatable bonds is 3. The predicted molar refractivity (Wildman–Crippen MR) is 68.6 cm³/mol. The lowest BCUT2D eigenvalue weighted by molar-refractivity contribution is -0.183. The summed E-state index contributed by atoms with van der Waals surface area (Å²) in [6, 6.07) is 0.0727. The smallest absolute Gasteiger partial charge is 0.314 e. The molecule has 0 saturated heterocycles. The van der Waals surface area contributed by atoms with E-state index >= 15 is 0 Å². The molecule has 0 amide bonds. The normalized spacial score (nSPS) is 41.9. The molecule has 1 N–H and O–H groups in total. The highest BCUT2D eigenvalue weighted by molar-refractivity contribution is 5.10. The Kier molecular flexibility index (Phi) is 3.63. The third-order valence-electron chi connectivity index (χ3n) is 5.22. The second kappa shape index (κ2) is 5.12. The molecular weight excluding hydrogens is 251 g/mol. The summed E-state index contributed by atoms with van der Waals surface area (Å²) in [6.45, 7) is 0.904. The van der Waals surface area contributed by atoms with Crippen molar-refractivity contribution in [2.45, 2.75) is 50.7 Å². The Balaban J connectivity index is 1.46. The quantitative estimate of drug-likeness (QED) is 0.769. The topological polar surface area (TPSA) is 12.0 Å². The Morgan fingerprint density at radius 2 is 1.89 bits per heavy atom. The van der Waals surface area contributed by atoms with E-state index < -0.39 is 12.1 Å². The van der Waals surface area contributed by atoms with Gasteiger partial charge in [0, 0.05) is 6.04 Å². The number of allylic oxidation sites excluding steroid dienone is 2. The minimum absolute atomic E-state index is 0.0727. The molecule has 5 atom stereocenters. The van der Waals surface area contributed by atoms with E-state index in [0.717, 1.165) is 18.9 Å². The van der Waals surface area contributed by atoms with Crippen LogP contribution < -0.4 is 5.32 Å². The van der Waals surface area contributed by atoms with E-state index in [4.69, 9.17) is 0 Å². The number of halogens is 3. The van der Waals surface area contributed by atoms with Crippen molar-refractivity contribution in [2.75, 3.05) is 6.54 Å². The van der Waals surface area contributed by atoms with Gasteiger partial charge < -0.3 is 5.32 Å². The van der Waals surface area contributed by atoms with Crippen LogP contribution >= 0.6 is 0 Å². The second-order valence-corrected chi connectivity index (χ2v) is 6.55. The zero-order valence-corrected chi connectivity index (χ0v) is 11.1. The van der Waals surface area contributed by atoms with Crippen molar-refractivity contribution in [1.82, 2.24) is 5.32 Å². The van der Waals surface area contributed by atoms with Gasteiger partial charge in [-0.2, -0.15) is 13.2 Å². The van der Waals surface area contributed by atoms with Gasteiger partial charge in [-0.25, -0.2) is 0 Å². The molecule has 1 nitrogen and oxygen atoms in total. The number of nitrogens with one attached hydrogen (secondary N) is 1. The van der Waals surface area contributed by atoms with E-state index in [9.17, 15) is 13.2 Å². The van der Waals surface area contributed by atoms with Crippen molar-refractivity contribution < 1.29 is 13.2 Å². The van der Waals surface area contributed by atoms with Crippen LogP contribution in [0.1, 0.15) is 38.5 Å². The molecule has 2 saturated carbocycles. The van der Waals surface area contributed by atoms with Crippen LogP contribution in [0.4, 0.5) is 13.2 Å². The van der Waals surface area contributed by atoms with Crippen molar-refractivity contribution >= 4 is 0 Å². The van der Waals surface area contributed by atoms with Crippen LogP contribution in [0.2, 0.25) is 0 Å². The maximum atomic E-state index is 12.7. The van der Waals surface area contributed by atoms with Crippen LogP contribution in [-0.2, 0) is 0 Å². The maximum Gasteiger partial charge on any atom is 0.391 e. The van der Waals surface area contributed by atoms with Gasteiger partial charge in [-0.05, 0) is 56.4 Å². The van der Waals surface area contributed by atoms with Crippen LogP contribution in [0.15, 0.2) is 12.2 Å². The molecule has 2 bridgehead atoms. The molecular formula is C15H22F3N. The summed E-state index contributed by atoms with van der Waals surface area (Å²) in [5.74, 6) is 0.991. The summed E-state index contributed by atoms with van der Waals surface area (Å²) < 4.78 is 38.2. The molecule has 0 aromatic heterocycles. The fourth-order valence-electron chi connectivity index (χ4n) is 4.12. The van der Waals surface area contributed by atoms with Crippen LogP contribution in [-0.4, -0.2) is 18.8 Å². The second-order valence-electron chi connectivity index (χ2n) is 6.55. The van der Waals surface area contributed by atoms with Gasteiger partial charge in [-0.3, -0.25) is 0 Å². The molecule has 2 fully saturated rings. The van der Waals surface area contributed by atoms with Gasteiger partial charge in [-0.1, -0.05) is 18.6 Å². The third kappa shape index (κ3) is 2.99. The zero-order valence-electron chi connectivity index (χ0n) is 11.1. The van der Waals surface area contributed by atoms with E-state index in [-0.39, 0.29) is 12.5 Å². The van der Waals surface area contributed by atoms with E-state index in [1.807, 2.05) is 0 Å². The summed E-state index contributed by atoms with van der Waals surface area (Å²) in [7, 11) is 0. The van der Waals surface area contributed by atoms with Gasteiger partial charge in [0.2, 0.25) is 0 Å². The summed E-state index contributed by atoms with van der Waals surface area (Å²) in [5.41, 5.74) is 0. The molecule has 0 aromatic carbocycles. The summed E-state index contributed by atoms with van der Waals surface area (Å²) in [5, 5.41) is 3.42. The van der Waals surface area contributed by atoms with E-state index in [0.29, 0.717) is 24.7 Å². The first-order valence-corrected chi connectivity index (χ1v) is 7.51. The first kappa shape index (κ1) is 13.5. The van der Waals surface area contributed by atoms with E-state index in [2.05, 4.69) is 17.5 Å². The first-order valence-electron chi connectivity index (χ1n) is 7.51. The Bertz CT molecular complexity index is 350. The Labute approximate surface area is 112 Å². The molecule has 0 heterocycles. The standard InChI is InChI=1S/C15H22F3N/c16-15(17,18)13-2-1-3-14(8-13)19-9-12-7-10-4-5-11(12)6-10/h4-5,10-14,19H,1-3,6-9H2. The molecule has 0 spiro atoms. The van der Waals surface area contributed by atoms with Gasteiger partial charge in [0.05, 0.1) is 5.92 Å². The third-order valence-corrected chi connectivity index (χ3v) is 5.22. The predicted octanol–water partition coefficient (Wildman–Crippen LogP) is 3.91. The van der Waals surface area contributed by atoms with Crippen molar-refractivity contribution in [2.24, 2.45) is 23.7 Å². The van der Waals surface area contributed by atoms with Crippen LogP contribution in [0.3, 0.4) is 0 Å². The lowest BCUT2D eigenvalue weighted by atomic mass is 9.84. The highest BCUT2D eigenvalue weighted by atomic mass is 19.4. The minimum Gasteiger partial charge on any atom is -0.314 e. The molecule has 5 unspecified atom stereocenters. The monoisotopic (exact) mass is 273 g/mol. The van der Waals surface area contributed by atoms with Gasteiger partial charge in [0.1, 0.15) is 0 Å². The maximum absolute atomic E-state index is 12.7. The zero-order chi connectivity index (χ0) is 13.5. The lowest BCUT2D eigenvalue weighted by Gasteiger charge is -2.32. The number of hydrogen-bond donors (Lipinski definition) is 1. The van der Waals surface area contributed by atoms with Crippen molar-refractivity contribution in [1.29, 1.82) is 0 Å². The highest BCUT2D eigenvalue weighted by Gasteiger charge is 2.42. The van der Waals surface area contributed by atoms with E-state index in [1.165, 1.54) is 12.8 Å². The average Bonchev–Trinajstić information content (AvgIpc) is 2.98. The summed E-state index contributed by atoms with van der Waals surface area (Å²) >= 11 is 0. The van der Waals surface area contributed by atoms with E-state index in [1.54, 1.807) is 0 Å². The fraction of sp³-hybridized carbons (Fsp3) is 0.867. The summed E-state index contributed by atoms with van der Waals surface area (Å²) in [6.07, 6.45) is 5.31. The van der Waals surface area contributed by atoms with Crippen LogP contribution in [0.25, 0.3) is 0 Å². The Hall–Kier alpha value is -0.510. The van der Waals surface area contributed by atoms with Gasteiger partial charge >= 0.3 is 6.18 Å². The first-order chi connectivity index (χ1) is 9.02. The van der Waals surface area contributed by atoms with Crippen LogP contribution in [0.5, 0.6) is 0 Å². The highest BCUT2D eigenvalue weighted by Crippen LogP contribution is 2.43. The van der Waals surface area contributed by atoms with Gasteiger partial charge in [-0.15, -0.1) is 0 Å². The molecule has 3 aliphatic rings. The molecule has 3 aliphatic carbocycles. The number of hydrogen-bond acceptors (Lipinski definition) is 1. The van der Waals surface area contributed by atoms with Gasteiger partial charge in [0.15, 0.2) is 0 Å². The molecule has 19 heavy (non-hydrogen) atoms. The molecule has 0 aromatic rings. The molecule has 0 radical (unpaired) electrons. The van der Waals surface area contributed by atoms with Crippen molar-refractivity contribution in [3.05, 3.63) is 12.2 Å². The molecule has 108 valence electrons. The largest absolute Gasteiger partial charge is 0.391 e. The lowest BCUT2D eigenvalue weighted by Crippen LogP contribution is -2.41. The van der Waals surface area contributed by atoms with Crippen molar-refractivity contribution in [3.8, 4) is 0 Å². The molecule has 4 heteroatoms. The molecule has 0 aliphatic heterocycles. The minimum atomic E-state index is -4.00. The average molecular weight is 273 g/mol. The Morgan fingerprint density at radius 3 is 2.53 bits per heavy atom. The van der Waals surface area contributed by atoms with Crippen molar-refractivity contribution in [3.63, 3.8) is 0 Å². The fourth-order valence-corrected chi connectivity index (χ4v) is 4.12. The van der Waals surface area contributed by atoms with Gasteiger partial charge in [0.25, 0.3) is 0 Å².